The summed E-state index contributed by atoms with van der Waals surface area (Å²) in [5, 5.41) is 11.6. The molecule has 2 saturated carbocycles. The first-order valence-corrected chi connectivity index (χ1v) is 5.20. The van der Waals surface area contributed by atoms with Crippen LogP contribution in [0.3, 0.4) is 0 Å². The van der Waals surface area contributed by atoms with Crippen LogP contribution in [0.4, 0.5) is 0 Å². The molecule has 0 saturated heterocycles. The van der Waals surface area contributed by atoms with Crippen LogP contribution in [-0.2, 0) is 9.59 Å². The Kier molecular flexibility index (Phi) is 2.44. The fourth-order valence-electron chi connectivity index (χ4n) is 1.91. The van der Waals surface area contributed by atoms with Crippen LogP contribution < -0.4 is 5.32 Å². The molecule has 0 unspecified atom stereocenters. The molecule has 1 amide bonds. The molecule has 4 nitrogen and oxygen atoms in total. The molecule has 2 fully saturated rings. The van der Waals surface area contributed by atoms with E-state index in [1.54, 1.807) is 0 Å². The van der Waals surface area contributed by atoms with Crippen LogP contribution in [-0.4, -0.2) is 23.0 Å². The van der Waals surface area contributed by atoms with Gasteiger partial charge in [0.05, 0.1) is 5.92 Å². The van der Waals surface area contributed by atoms with Gasteiger partial charge in [0.1, 0.15) is 0 Å². The Morgan fingerprint density at radius 2 is 1.79 bits per heavy atom. The van der Waals surface area contributed by atoms with E-state index in [2.05, 4.69) is 5.32 Å². The van der Waals surface area contributed by atoms with Gasteiger partial charge in [-0.15, -0.1) is 0 Å². The van der Waals surface area contributed by atoms with Gasteiger partial charge in [-0.2, -0.15) is 0 Å². The van der Waals surface area contributed by atoms with E-state index in [9.17, 15) is 9.59 Å². The molecule has 78 valence electrons. The lowest BCUT2D eigenvalue weighted by atomic mass is 9.74. The molecule has 0 bridgehead atoms. The Hall–Kier alpha value is -1.06. The van der Waals surface area contributed by atoms with E-state index in [0.717, 1.165) is 12.8 Å². The second-order valence-electron chi connectivity index (χ2n) is 4.34. The molecule has 14 heavy (non-hydrogen) atoms. The number of hydrogen-bond donors (Lipinski definition) is 2. The Morgan fingerprint density at radius 3 is 2.21 bits per heavy atom. The van der Waals surface area contributed by atoms with E-state index < -0.39 is 5.97 Å². The van der Waals surface area contributed by atoms with E-state index in [-0.39, 0.29) is 17.7 Å². The standard InChI is InChI=1S/C10H15NO3/c12-9(11-8-2-1-3-8)6-4-7(5-6)10(13)14/h6-8H,1-5H2,(H,11,12)(H,13,14). The Bertz CT molecular complexity index is 254. The molecule has 0 aromatic heterocycles. The van der Waals surface area contributed by atoms with Crippen molar-refractivity contribution in [2.75, 3.05) is 0 Å². The minimum Gasteiger partial charge on any atom is -0.481 e. The topological polar surface area (TPSA) is 66.4 Å². The lowest BCUT2D eigenvalue weighted by molar-refractivity contribution is -0.148. The van der Waals surface area contributed by atoms with E-state index in [0.29, 0.717) is 18.9 Å². The van der Waals surface area contributed by atoms with Gasteiger partial charge in [0.15, 0.2) is 0 Å². The summed E-state index contributed by atoms with van der Waals surface area (Å²) in [6.07, 6.45) is 4.41. The first-order chi connectivity index (χ1) is 6.66. The number of carboxylic acid groups (broad SMARTS) is 1. The molecule has 2 aliphatic rings. The van der Waals surface area contributed by atoms with Gasteiger partial charge < -0.3 is 10.4 Å². The molecule has 0 radical (unpaired) electrons. The van der Waals surface area contributed by atoms with E-state index in [1.807, 2.05) is 0 Å². The molecule has 2 aliphatic carbocycles. The van der Waals surface area contributed by atoms with Gasteiger partial charge in [0.25, 0.3) is 0 Å². The number of aliphatic carboxylic acids is 1. The van der Waals surface area contributed by atoms with Crippen LogP contribution in [0.1, 0.15) is 32.1 Å². The molecule has 4 heteroatoms. The van der Waals surface area contributed by atoms with Crippen molar-refractivity contribution in [3.05, 3.63) is 0 Å². The summed E-state index contributed by atoms with van der Waals surface area (Å²) >= 11 is 0. The molecule has 0 spiro atoms. The third-order valence-corrected chi connectivity index (χ3v) is 3.31. The van der Waals surface area contributed by atoms with Crippen molar-refractivity contribution < 1.29 is 14.7 Å². The molecule has 0 heterocycles. The molecule has 0 aliphatic heterocycles. The maximum Gasteiger partial charge on any atom is 0.306 e. The smallest absolute Gasteiger partial charge is 0.306 e. The lowest BCUT2D eigenvalue weighted by Crippen LogP contribution is -2.47. The number of hydrogen-bond acceptors (Lipinski definition) is 2. The zero-order chi connectivity index (χ0) is 10.1. The van der Waals surface area contributed by atoms with Gasteiger partial charge >= 0.3 is 5.97 Å². The first kappa shape index (κ1) is 9.49. The van der Waals surface area contributed by atoms with Crippen molar-refractivity contribution in [2.24, 2.45) is 11.8 Å². The fourth-order valence-corrected chi connectivity index (χ4v) is 1.91. The maximum absolute atomic E-state index is 11.5. The second kappa shape index (κ2) is 3.59. The van der Waals surface area contributed by atoms with Crippen LogP contribution in [0.2, 0.25) is 0 Å². The van der Waals surface area contributed by atoms with Gasteiger partial charge in [-0.05, 0) is 32.1 Å². The number of carboxylic acids is 1. The monoisotopic (exact) mass is 197 g/mol. The fraction of sp³-hybridized carbons (Fsp3) is 0.800. The maximum atomic E-state index is 11.5. The number of rotatable bonds is 3. The van der Waals surface area contributed by atoms with Gasteiger partial charge in [-0.1, -0.05) is 0 Å². The number of nitrogens with one attached hydrogen (secondary N) is 1. The number of carbonyl (C=O) groups excluding carboxylic acids is 1. The highest BCUT2D eigenvalue weighted by Gasteiger charge is 2.39. The summed E-state index contributed by atoms with van der Waals surface area (Å²) in [5.41, 5.74) is 0. The van der Waals surface area contributed by atoms with E-state index in [1.165, 1.54) is 6.42 Å². The predicted molar refractivity (Wildman–Crippen MR) is 49.6 cm³/mol. The van der Waals surface area contributed by atoms with Crippen molar-refractivity contribution in [3.63, 3.8) is 0 Å². The highest BCUT2D eigenvalue weighted by Crippen LogP contribution is 2.34. The zero-order valence-corrected chi connectivity index (χ0v) is 8.03. The summed E-state index contributed by atoms with van der Waals surface area (Å²) in [5.74, 6) is -1.03. The van der Waals surface area contributed by atoms with Crippen LogP contribution in [0.15, 0.2) is 0 Å². The van der Waals surface area contributed by atoms with Crippen LogP contribution in [0.25, 0.3) is 0 Å². The summed E-state index contributed by atoms with van der Waals surface area (Å²) in [6, 6.07) is 0.367. The van der Waals surface area contributed by atoms with Crippen molar-refractivity contribution in [2.45, 2.75) is 38.1 Å². The summed E-state index contributed by atoms with van der Waals surface area (Å²) in [4.78, 5) is 22.0. The summed E-state index contributed by atoms with van der Waals surface area (Å²) in [7, 11) is 0. The normalized spacial score (nSPS) is 31.4. The van der Waals surface area contributed by atoms with Crippen LogP contribution in [0.5, 0.6) is 0 Å². The Balaban J connectivity index is 1.70. The molecule has 0 aromatic rings. The molecule has 0 atom stereocenters. The SMILES string of the molecule is O=C(O)C1CC(C(=O)NC2CCC2)C1. The van der Waals surface area contributed by atoms with Crippen LogP contribution >= 0.6 is 0 Å². The zero-order valence-electron chi connectivity index (χ0n) is 8.03. The minimum absolute atomic E-state index is 0.0447. The minimum atomic E-state index is -0.766. The molecule has 2 rings (SSSR count). The quantitative estimate of drug-likeness (QED) is 0.702. The van der Waals surface area contributed by atoms with E-state index in [4.69, 9.17) is 5.11 Å². The van der Waals surface area contributed by atoms with E-state index >= 15 is 0 Å². The lowest BCUT2D eigenvalue weighted by Gasteiger charge is -2.34. The molecule has 0 aromatic carbocycles. The Morgan fingerprint density at radius 1 is 1.14 bits per heavy atom. The van der Waals surface area contributed by atoms with Crippen molar-refractivity contribution in [1.82, 2.24) is 5.32 Å². The van der Waals surface area contributed by atoms with Gasteiger partial charge in [-0.25, -0.2) is 0 Å². The second-order valence-corrected chi connectivity index (χ2v) is 4.34. The largest absolute Gasteiger partial charge is 0.481 e. The molecular weight excluding hydrogens is 182 g/mol. The average Bonchev–Trinajstić information content (AvgIpc) is 1.93. The molecule has 2 N–H and O–H groups in total. The van der Waals surface area contributed by atoms with Crippen LogP contribution in [0, 0.1) is 11.8 Å². The Labute approximate surface area is 82.7 Å². The summed E-state index contributed by atoms with van der Waals surface area (Å²) in [6.45, 7) is 0. The van der Waals surface area contributed by atoms with Crippen molar-refractivity contribution in [3.8, 4) is 0 Å². The van der Waals surface area contributed by atoms with Gasteiger partial charge in [0.2, 0.25) is 5.91 Å². The molecular formula is C10H15NO3. The van der Waals surface area contributed by atoms with Crippen molar-refractivity contribution in [1.29, 1.82) is 0 Å². The van der Waals surface area contributed by atoms with Crippen molar-refractivity contribution >= 4 is 11.9 Å². The first-order valence-electron chi connectivity index (χ1n) is 5.20. The third kappa shape index (κ3) is 1.74. The van der Waals surface area contributed by atoms with Gasteiger partial charge in [0, 0.05) is 12.0 Å². The van der Waals surface area contributed by atoms with Gasteiger partial charge in [-0.3, -0.25) is 9.59 Å². The highest BCUT2D eigenvalue weighted by molar-refractivity contribution is 5.83. The summed E-state index contributed by atoms with van der Waals surface area (Å²) < 4.78 is 0. The third-order valence-electron chi connectivity index (χ3n) is 3.31. The predicted octanol–water partition coefficient (Wildman–Crippen LogP) is 0.766. The number of carbonyl (C=O) groups is 2. The number of amides is 1. The highest BCUT2D eigenvalue weighted by atomic mass is 16.4. The average molecular weight is 197 g/mol.